The number of carbonyl (C=O) groups excluding carboxylic acids is 2. The van der Waals surface area contributed by atoms with E-state index in [9.17, 15) is 9.59 Å². The number of piperidine rings is 1. The molecule has 0 radical (unpaired) electrons. The molecule has 0 aromatic heterocycles. The molecule has 1 aliphatic rings. The second-order valence-corrected chi connectivity index (χ2v) is 6.42. The van der Waals surface area contributed by atoms with Crippen LogP contribution in [-0.4, -0.2) is 48.9 Å². The molecular formula is C19H29N3O2. The maximum Gasteiger partial charge on any atom is 0.251 e. The molecule has 1 heterocycles. The molecule has 2 rings (SSSR count). The number of benzene rings is 1. The van der Waals surface area contributed by atoms with Gasteiger partial charge in [0.15, 0.2) is 0 Å². The Labute approximate surface area is 144 Å². The van der Waals surface area contributed by atoms with Gasteiger partial charge >= 0.3 is 0 Å². The first-order chi connectivity index (χ1) is 11.6. The molecule has 132 valence electrons. The van der Waals surface area contributed by atoms with Gasteiger partial charge in [0.2, 0.25) is 5.91 Å². The molecule has 1 atom stereocenters. The van der Waals surface area contributed by atoms with Crippen molar-refractivity contribution in [3.8, 4) is 0 Å². The molecule has 5 heteroatoms. The Kier molecular flexibility index (Phi) is 6.79. The van der Waals surface area contributed by atoms with Crippen LogP contribution in [0.25, 0.3) is 0 Å². The Morgan fingerprint density at radius 3 is 2.29 bits per heavy atom. The quantitative estimate of drug-likeness (QED) is 0.838. The predicted molar refractivity (Wildman–Crippen MR) is 96.0 cm³/mol. The number of amides is 2. The molecule has 2 amide bonds. The van der Waals surface area contributed by atoms with Crippen LogP contribution in [0.1, 0.15) is 42.6 Å². The van der Waals surface area contributed by atoms with E-state index < -0.39 is 6.04 Å². The van der Waals surface area contributed by atoms with Crippen LogP contribution in [0, 0.1) is 12.8 Å². The second kappa shape index (κ2) is 8.83. The van der Waals surface area contributed by atoms with Crippen LogP contribution in [0.5, 0.6) is 0 Å². The molecule has 1 fully saturated rings. The van der Waals surface area contributed by atoms with Crippen LogP contribution in [0.2, 0.25) is 0 Å². The van der Waals surface area contributed by atoms with Crippen molar-refractivity contribution in [1.29, 1.82) is 0 Å². The van der Waals surface area contributed by atoms with Crippen molar-refractivity contribution < 1.29 is 9.59 Å². The van der Waals surface area contributed by atoms with Crippen molar-refractivity contribution >= 4 is 11.8 Å². The molecular weight excluding hydrogens is 302 g/mol. The Morgan fingerprint density at radius 1 is 1.17 bits per heavy atom. The highest BCUT2D eigenvalue weighted by Gasteiger charge is 2.33. The number of nitrogens with one attached hydrogen (secondary N) is 2. The van der Waals surface area contributed by atoms with Gasteiger partial charge in [-0.3, -0.25) is 9.59 Å². The van der Waals surface area contributed by atoms with Crippen molar-refractivity contribution in [2.75, 3.05) is 26.2 Å². The van der Waals surface area contributed by atoms with Crippen molar-refractivity contribution in [1.82, 2.24) is 15.5 Å². The Balaban J connectivity index is 2.16. The van der Waals surface area contributed by atoms with Gasteiger partial charge in [-0.05, 0) is 64.8 Å². The zero-order valence-corrected chi connectivity index (χ0v) is 15.0. The molecule has 1 saturated heterocycles. The summed E-state index contributed by atoms with van der Waals surface area (Å²) in [5, 5.41) is 6.33. The first-order valence-electron chi connectivity index (χ1n) is 8.93. The van der Waals surface area contributed by atoms with Gasteiger partial charge in [-0.15, -0.1) is 0 Å². The van der Waals surface area contributed by atoms with Crippen LogP contribution < -0.4 is 10.6 Å². The highest BCUT2D eigenvalue weighted by atomic mass is 16.2. The van der Waals surface area contributed by atoms with E-state index in [4.69, 9.17) is 0 Å². The molecule has 1 aromatic carbocycles. The average molecular weight is 331 g/mol. The van der Waals surface area contributed by atoms with Gasteiger partial charge in [0.05, 0.1) is 0 Å². The third-order valence-electron chi connectivity index (χ3n) is 4.80. The molecule has 1 aromatic rings. The summed E-state index contributed by atoms with van der Waals surface area (Å²) >= 11 is 0. The van der Waals surface area contributed by atoms with Gasteiger partial charge in [0, 0.05) is 18.7 Å². The Hall–Kier alpha value is -1.88. The summed E-state index contributed by atoms with van der Waals surface area (Å²) in [5.74, 6) is 0.0557. The van der Waals surface area contributed by atoms with Crippen LogP contribution in [0.4, 0.5) is 0 Å². The standard InChI is InChI=1S/C19H29N3O2/c1-4-22(5-2)19(24)17(15-10-12-20-13-11-15)21-18(23)16-8-6-14(3)7-9-16/h6-9,15,17,20H,4-5,10-13H2,1-3H3,(H,21,23). The highest BCUT2D eigenvalue weighted by Crippen LogP contribution is 2.19. The molecule has 0 saturated carbocycles. The number of hydrogen-bond acceptors (Lipinski definition) is 3. The topological polar surface area (TPSA) is 61.4 Å². The summed E-state index contributed by atoms with van der Waals surface area (Å²) < 4.78 is 0. The zero-order valence-electron chi connectivity index (χ0n) is 15.0. The minimum atomic E-state index is -0.444. The molecule has 5 nitrogen and oxygen atoms in total. The van der Waals surface area contributed by atoms with Crippen molar-refractivity contribution in [3.05, 3.63) is 35.4 Å². The van der Waals surface area contributed by atoms with Crippen molar-refractivity contribution in [3.63, 3.8) is 0 Å². The fourth-order valence-electron chi connectivity index (χ4n) is 3.22. The summed E-state index contributed by atoms with van der Waals surface area (Å²) in [6, 6.07) is 7.01. The number of likely N-dealkylation sites (N-methyl/N-ethyl adjacent to an activating group) is 1. The highest BCUT2D eigenvalue weighted by molar-refractivity contribution is 5.97. The third kappa shape index (κ3) is 4.57. The lowest BCUT2D eigenvalue weighted by atomic mass is 9.89. The summed E-state index contributed by atoms with van der Waals surface area (Å²) in [7, 11) is 0. The Bertz CT molecular complexity index is 546. The van der Waals surface area contributed by atoms with E-state index in [1.54, 1.807) is 0 Å². The lowest BCUT2D eigenvalue weighted by molar-refractivity contribution is -0.134. The molecule has 24 heavy (non-hydrogen) atoms. The van der Waals surface area contributed by atoms with E-state index in [1.807, 2.05) is 49.9 Å². The fourth-order valence-corrected chi connectivity index (χ4v) is 3.22. The van der Waals surface area contributed by atoms with Gasteiger partial charge in [-0.2, -0.15) is 0 Å². The van der Waals surface area contributed by atoms with E-state index in [-0.39, 0.29) is 17.7 Å². The number of hydrogen-bond donors (Lipinski definition) is 2. The SMILES string of the molecule is CCN(CC)C(=O)C(NC(=O)c1ccc(C)cc1)C1CCNCC1. The van der Waals surface area contributed by atoms with Crippen molar-refractivity contribution in [2.45, 2.75) is 39.7 Å². The van der Waals surface area contributed by atoms with Gasteiger partial charge < -0.3 is 15.5 Å². The summed E-state index contributed by atoms with van der Waals surface area (Å²) in [5.41, 5.74) is 1.72. The number of rotatable bonds is 6. The smallest absolute Gasteiger partial charge is 0.251 e. The number of nitrogens with zero attached hydrogens (tertiary/aromatic N) is 1. The average Bonchev–Trinajstić information content (AvgIpc) is 2.61. The first kappa shape index (κ1) is 18.5. The first-order valence-corrected chi connectivity index (χ1v) is 8.93. The fraction of sp³-hybridized carbons (Fsp3) is 0.579. The minimum absolute atomic E-state index is 0.0346. The normalized spacial score (nSPS) is 16.5. The van der Waals surface area contributed by atoms with Gasteiger partial charge in [-0.25, -0.2) is 0 Å². The van der Waals surface area contributed by atoms with E-state index >= 15 is 0 Å². The van der Waals surface area contributed by atoms with E-state index in [2.05, 4.69) is 10.6 Å². The largest absolute Gasteiger partial charge is 0.341 e. The van der Waals surface area contributed by atoms with Crippen LogP contribution in [0.3, 0.4) is 0 Å². The predicted octanol–water partition coefficient (Wildman–Crippen LogP) is 1.96. The minimum Gasteiger partial charge on any atom is -0.341 e. The number of carbonyl (C=O) groups is 2. The lowest BCUT2D eigenvalue weighted by Gasteiger charge is -2.33. The molecule has 1 unspecified atom stereocenters. The summed E-state index contributed by atoms with van der Waals surface area (Å²) in [6.45, 7) is 9.06. The maximum atomic E-state index is 12.9. The number of aryl methyl sites for hydroxylation is 1. The molecule has 0 aliphatic carbocycles. The van der Waals surface area contributed by atoms with Gasteiger partial charge in [-0.1, -0.05) is 17.7 Å². The maximum absolute atomic E-state index is 12.9. The van der Waals surface area contributed by atoms with Gasteiger partial charge in [0.25, 0.3) is 5.91 Å². The molecule has 0 spiro atoms. The van der Waals surface area contributed by atoms with Crippen LogP contribution >= 0.6 is 0 Å². The molecule has 2 N–H and O–H groups in total. The summed E-state index contributed by atoms with van der Waals surface area (Å²) in [4.78, 5) is 27.3. The monoisotopic (exact) mass is 331 g/mol. The van der Waals surface area contributed by atoms with E-state index in [1.165, 1.54) is 0 Å². The Morgan fingerprint density at radius 2 is 1.75 bits per heavy atom. The lowest BCUT2D eigenvalue weighted by Crippen LogP contribution is -2.54. The van der Waals surface area contributed by atoms with Crippen LogP contribution in [0.15, 0.2) is 24.3 Å². The molecule has 1 aliphatic heterocycles. The molecule has 0 bridgehead atoms. The summed E-state index contributed by atoms with van der Waals surface area (Å²) in [6.07, 6.45) is 1.82. The van der Waals surface area contributed by atoms with Crippen molar-refractivity contribution in [2.24, 2.45) is 5.92 Å². The zero-order chi connectivity index (χ0) is 17.5. The van der Waals surface area contributed by atoms with E-state index in [0.29, 0.717) is 18.7 Å². The van der Waals surface area contributed by atoms with E-state index in [0.717, 1.165) is 31.5 Å². The second-order valence-electron chi connectivity index (χ2n) is 6.42. The third-order valence-corrected chi connectivity index (χ3v) is 4.80. The van der Waals surface area contributed by atoms with Crippen LogP contribution in [-0.2, 0) is 4.79 Å². The van der Waals surface area contributed by atoms with Gasteiger partial charge in [0.1, 0.15) is 6.04 Å².